The maximum Gasteiger partial charge on any atom is 0.211 e. The van der Waals surface area contributed by atoms with Crippen molar-refractivity contribution in [2.24, 2.45) is 16.6 Å². The van der Waals surface area contributed by atoms with Crippen molar-refractivity contribution in [1.29, 1.82) is 0 Å². The molecule has 0 spiro atoms. The van der Waals surface area contributed by atoms with Crippen LogP contribution in [0.25, 0.3) is 0 Å². The summed E-state index contributed by atoms with van der Waals surface area (Å²) in [4.78, 5) is 0. The molecule has 0 atom stereocenters. The Labute approximate surface area is 92.7 Å². The molecule has 4 nitrogen and oxygen atoms in total. The summed E-state index contributed by atoms with van der Waals surface area (Å²) in [6, 6.07) is -0.0560. The Morgan fingerprint density at radius 1 is 1.20 bits per heavy atom. The fraction of sp³-hybridized carbons (Fsp3) is 1.00. The fourth-order valence-electron chi connectivity index (χ4n) is 2.75. The first kappa shape index (κ1) is 12.9. The molecule has 1 aliphatic carbocycles. The van der Waals surface area contributed by atoms with E-state index in [4.69, 9.17) is 5.73 Å². The molecule has 3 N–H and O–H groups in total. The minimum absolute atomic E-state index is 0.0227. The predicted molar refractivity (Wildman–Crippen MR) is 61.9 cm³/mol. The van der Waals surface area contributed by atoms with E-state index in [2.05, 4.69) is 4.72 Å². The van der Waals surface area contributed by atoms with Gasteiger partial charge in [-0.15, -0.1) is 0 Å². The molecule has 0 unspecified atom stereocenters. The molecule has 1 aliphatic rings. The summed E-state index contributed by atoms with van der Waals surface area (Å²) in [5.74, 6) is 0.116. The van der Waals surface area contributed by atoms with E-state index in [0.717, 1.165) is 0 Å². The van der Waals surface area contributed by atoms with Crippen LogP contribution in [0.5, 0.6) is 0 Å². The van der Waals surface area contributed by atoms with Gasteiger partial charge in [0.2, 0.25) is 10.0 Å². The molecular weight excluding hydrogens is 212 g/mol. The molecule has 0 aromatic rings. The molecule has 0 saturated heterocycles. The third-order valence-corrected chi connectivity index (χ3v) is 5.12. The van der Waals surface area contributed by atoms with Crippen LogP contribution in [0.3, 0.4) is 0 Å². The number of nitrogens with one attached hydrogen (secondary N) is 1. The summed E-state index contributed by atoms with van der Waals surface area (Å²) in [5, 5.41) is 0. The average molecular weight is 234 g/mol. The number of nitrogens with two attached hydrogens (primary N) is 1. The minimum Gasteiger partial charge on any atom is -0.327 e. The smallest absolute Gasteiger partial charge is 0.211 e. The Kier molecular flexibility index (Phi) is 2.96. The van der Waals surface area contributed by atoms with Crippen LogP contribution < -0.4 is 10.5 Å². The Morgan fingerprint density at radius 3 is 1.93 bits per heavy atom. The fourth-order valence-corrected chi connectivity index (χ4v) is 3.88. The Bertz CT molecular complexity index is 330. The van der Waals surface area contributed by atoms with Crippen molar-refractivity contribution in [3.05, 3.63) is 0 Å². The molecule has 1 saturated carbocycles. The van der Waals surface area contributed by atoms with Crippen LogP contribution in [0.1, 0.15) is 34.6 Å². The number of sulfonamides is 1. The van der Waals surface area contributed by atoms with Gasteiger partial charge in [-0.3, -0.25) is 0 Å². The summed E-state index contributed by atoms with van der Waals surface area (Å²) in [7, 11) is -3.15. The van der Waals surface area contributed by atoms with Gasteiger partial charge in [-0.05, 0) is 17.8 Å². The van der Waals surface area contributed by atoms with Gasteiger partial charge >= 0.3 is 0 Å². The van der Waals surface area contributed by atoms with E-state index in [1.807, 2.05) is 27.7 Å². The van der Waals surface area contributed by atoms with Crippen LogP contribution in [0, 0.1) is 10.8 Å². The molecule has 0 heterocycles. The molecule has 1 fully saturated rings. The van der Waals surface area contributed by atoms with Crippen LogP contribution >= 0.6 is 0 Å². The van der Waals surface area contributed by atoms with Gasteiger partial charge in [-0.2, -0.15) is 0 Å². The van der Waals surface area contributed by atoms with Crippen LogP contribution in [0.4, 0.5) is 0 Å². The molecule has 0 aromatic carbocycles. The Morgan fingerprint density at radius 2 is 1.60 bits per heavy atom. The highest BCUT2D eigenvalue weighted by Crippen LogP contribution is 2.52. The van der Waals surface area contributed by atoms with E-state index in [-0.39, 0.29) is 28.7 Å². The highest BCUT2D eigenvalue weighted by atomic mass is 32.2. The molecule has 90 valence electrons. The van der Waals surface area contributed by atoms with Gasteiger partial charge in [0.25, 0.3) is 0 Å². The molecule has 1 rings (SSSR count). The quantitative estimate of drug-likeness (QED) is 0.754. The summed E-state index contributed by atoms with van der Waals surface area (Å²) in [6.45, 7) is 9.66. The maximum atomic E-state index is 11.5. The van der Waals surface area contributed by atoms with Crippen LogP contribution in [-0.2, 0) is 10.0 Å². The Hall–Kier alpha value is -0.130. The van der Waals surface area contributed by atoms with Gasteiger partial charge in [-0.25, -0.2) is 13.1 Å². The van der Waals surface area contributed by atoms with Gasteiger partial charge in [-0.1, -0.05) is 27.7 Å². The summed E-state index contributed by atoms with van der Waals surface area (Å²) in [6.07, 6.45) is 0. The van der Waals surface area contributed by atoms with Gasteiger partial charge in [0.1, 0.15) is 0 Å². The molecule has 0 amide bonds. The predicted octanol–water partition coefficient (Wildman–Crippen LogP) is 0.688. The summed E-state index contributed by atoms with van der Waals surface area (Å²) >= 11 is 0. The van der Waals surface area contributed by atoms with Crippen LogP contribution in [-0.4, -0.2) is 26.3 Å². The van der Waals surface area contributed by atoms with E-state index >= 15 is 0 Å². The molecular formula is C10H22N2O2S. The van der Waals surface area contributed by atoms with Crippen LogP contribution in [0.2, 0.25) is 0 Å². The number of hydrogen-bond donors (Lipinski definition) is 2. The molecule has 0 radical (unpaired) electrons. The van der Waals surface area contributed by atoms with Crippen molar-refractivity contribution in [3.63, 3.8) is 0 Å². The first-order valence-corrected chi connectivity index (χ1v) is 6.96. The maximum absolute atomic E-state index is 11.5. The lowest BCUT2D eigenvalue weighted by atomic mass is 9.49. The minimum atomic E-state index is -3.15. The first-order chi connectivity index (χ1) is 6.55. The lowest BCUT2D eigenvalue weighted by Gasteiger charge is -2.62. The normalized spacial score (nSPS) is 33.5. The molecule has 15 heavy (non-hydrogen) atoms. The van der Waals surface area contributed by atoms with E-state index in [1.165, 1.54) is 0 Å². The zero-order valence-electron chi connectivity index (χ0n) is 10.2. The monoisotopic (exact) mass is 234 g/mol. The standard InChI is InChI=1S/C10H22N2O2S/c1-6-15(13,14)12-8-9(2,3)7(11)10(8,4)5/h7-8,12H,6,11H2,1-5H3. The average Bonchev–Trinajstić information content (AvgIpc) is 2.13. The number of rotatable bonds is 3. The van der Waals surface area contributed by atoms with Crippen LogP contribution in [0.15, 0.2) is 0 Å². The van der Waals surface area contributed by atoms with E-state index in [1.54, 1.807) is 6.92 Å². The largest absolute Gasteiger partial charge is 0.327 e. The second-order valence-corrected chi connectivity index (χ2v) is 7.62. The van der Waals surface area contributed by atoms with Gasteiger partial charge in [0.15, 0.2) is 0 Å². The summed E-state index contributed by atoms with van der Waals surface area (Å²) in [5.41, 5.74) is 5.70. The molecule has 0 bridgehead atoms. The Balaban J connectivity index is 2.88. The van der Waals surface area contributed by atoms with Crippen molar-refractivity contribution in [1.82, 2.24) is 4.72 Å². The van der Waals surface area contributed by atoms with Gasteiger partial charge < -0.3 is 5.73 Å². The van der Waals surface area contributed by atoms with E-state index < -0.39 is 10.0 Å². The molecule has 0 aromatic heterocycles. The lowest BCUT2D eigenvalue weighted by molar-refractivity contribution is -0.0593. The molecule has 5 heteroatoms. The van der Waals surface area contributed by atoms with E-state index in [0.29, 0.717) is 0 Å². The third kappa shape index (κ3) is 1.92. The lowest BCUT2D eigenvalue weighted by Crippen LogP contribution is -2.76. The van der Waals surface area contributed by atoms with Crippen molar-refractivity contribution < 1.29 is 8.42 Å². The topological polar surface area (TPSA) is 72.2 Å². The van der Waals surface area contributed by atoms with Crippen molar-refractivity contribution >= 4 is 10.0 Å². The summed E-state index contributed by atoms with van der Waals surface area (Å²) < 4.78 is 25.8. The number of hydrogen-bond acceptors (Lipinski definition) is 3. The second kappa shape index (κ2) is 3.43. The van der Waals surface area contributed by atoms with Gasteiger partial charge in [0.05, 0.1) is 5.75 Å². The van der Waals surface area contributed by atoms with Crippen molar-refractivity contribution in [3.8, 4) is 0 Å². The SMILES string of the molecule is CCS(=O)(=O)NC1C(C)(C)C(N)C1(C)C. The second-order valence-electron chi connectivity index (χ2n) is 5.57. The zero-order valence-corrected chi connectivity index (χ0v) is 11.0. The molecule has 0 aliphatic heterocycles. The van der Waals surface area contributed by atoms with E-state index in [9.17, 15) is 8.42 Å². The highest BCUT2D eigenvalue weighted by Gasteiger charge is 2.60. The zero-order chi connectivity index (χ0) is 12.1. The highest BCUT2D eigenvalue weighted by molar-refractivity contribution is 7.89. The van der Waals surface area contributed by atoms with Gasteiger partial charge in [0, 0.05) is 12.1 Å². The third-order valence-electron chi connectivity index (χ3n) is 3.77. The van der Waals surface area contributed by atoms with Crippen molar-refractivity contribution in [2.45, 2.75) is 46.7 Å². The van der Waals surface area contributed by atoms with Crippen molar-refractivity contribution in [2.75, 3.05) is 5.75 Å². The first-order valence-electron chi connectivity index (χ1n) is 5.31.